The van der Waals surface area contributed by atoms with Gasteiger partial charge in [-0.3, -0.25) is 9.36 Å². The summed E-state index contributed by atoms with van der Waals surface area (Å²) in [6, 6.07) is 9.33. The molecule has 0 aliphatic carbocycles. The number of thiazole rings is 1. The molecule has 0 fully saturated rings. The van der Waals surface area contributed by atoms with Crippen LogP contribution in [-0.4, -0.2) is 24.3 Å². The van der Waals surface area contributed by atoms with Crippen molar-refractivity contribution < 1.29 is 14.3 Å². The number of allylic oxidation sites excluding steroid dienone is 1. The molecule has 0 N–H and O–H groups in total. The molecule has 0 amide bonds. The minimum Gasteiger partial charge on any atom is -0.496 e. The molecule has 0 bridgehead atoms. The van der Waals surface area contributed by atoms with Crippen LogP contribution in [0.3, 0.4) is 0 Å². The van der Waals surface area contributed by atoms with Gasteiger partial charge < -0.3 is 9.47 Å². The molecule has 1 aromatic heterocycles. The molecular formula is C26H23Cl3N2O4S. The number of methoxy groups -OCH3 is 1. The maximum absolute atomic E-state index is 13.8. The Hall–Kier alpha value is -2.58. The number of hydrogen-bond donors (Lipinski definition) is 0. The van der Waals surface area contributed by atoms with Crippen molar-refractivity contribution >= 4 is 58.2 Å². The molecule has 0 unspecified atom stereocenters. The maximum atomic E-state index is 13.8. The van der Waals surface area contributed by atoms with Crippen LogP contribution in [0.4, 0.5) is 0 Å². The minimum absolute atomic E-state index is 0.181. The zero-order chi connectivity index (χ0) is 26.0. The first-order valence-electron chi connectivity index (χ1n) is 11.3. The lowest BCUT2D eigenvalue weighted by atomic mass is 9.93. The van der Waals surface area contributed by atoms with Gasteiger partial charge in [-0.1, -0.05) is 65.6 Å². The third-order valence-electron chi connectivity index (χ3n) is 5.63. The van der Waals surface area contributed by atoms with E-state index in [9.17, 15) is 9.59 Å². The fraction of sp³-hybridized carbons (Fsp3) is 0.269. The molecule has 1 aliphatic rings. The molecule has 188 valence electrons. The number of halogens is 3. The summed E-state index contributed by atoms with van der Waals surface area (Å²) < 4.78 is 12.9. The number of carbonyl (C=O) groups is 1. The van der Waals surface area contributed by atoms with Crippen molar-refractivity contribution in [3.63, 3.8) is 0 Å². The molecule has 0 saturated carbocycles. The van der Waals surface area contributed by atoms with Crippen molar-refractivity contribution in [3.05, 3.63) is 93.6 Å². The fourth-order valence-corrected chi connectivity index (χ4v) is 5.75. The lowest BCUT2D eigenvalue weighted by molar-refractivity contribution is -0.139. The van der Waals surface area contributed by atoms with Crippen LogP contribution < -0.4 is 19.6 Å². The predicted molar refractivity (Wildman–Crippen MR) is 144 cm³/mol. The molecule has 0 radical (unpaired) electrons. The number of benzene rings is 2. The van der Waals surface area contributed by atoms with Crippen molar-refractivity contribution in [2.45, 2.75) is 32.7 Å². The normalized spacial score (nSPS) is 15.5. The van der Waals surface area contributed by atoms with Crippen LogP contribution in [0.25, 0.3) is 6.08 Å². The van der Waals surface area contributed by atoms with Crippen molar-refractivity contribution in [2.24, 2.45) is 4.99 Å². The Morgan fingerprint density at radius 2 is 1.86 bits per heavy atom. The summed E-state index contributed by atoms with van der Waals surface area (Å²) in [5, 5.41) is 1.35. The summed E-state index contributed by atoms with van der Waals surface area (Å²) in [6.07, 6.45) is 2.97. The summed E-state index contributed by atoms with van der Waals surface area (Å²) >= 11 is 20.0. The number of esters is 1. The van der Waals surface area contributed by atoms with Gasteiger partial charge >= 0.3 is 5.97 Å². The van der Waals surface area contributed by atoms with Gasteiger partial charge in [0.15, 0.2) is 4.80 Å². The largest absolute Gasteiger partial charge is 0.496 e. The number of nitrogens with zero attached hydrogens (tertiary/aromatic N) is 2. The first-order chi connectivity index (χ1) is 17.3. The van der Waals surface area contributed by atoms with Crippen LogP contribution in [0.1, 0.15) is 43.9 Å². The van der Waals surface area contributed by atoms with E-state index < -0.39 is 12.0 Å². The number of hydrogen-bond acceptors (Lipinski definition) is 6. The Labute approximate surface area is 227 Å². The van der Waals surface area contributed by atoms with E-state index in [0.717, 1.165) is 6.42 Å². The molecule has 2 heterocycles. The smallest absolute Gasteiger partial charge is 0.338 e. The van der Waals surface area contributed by atoms with E-state index in [1.807, 2.05) is 6.92 Å². The van der Waals surface area contributed by atoms with Gasteiger partial charge in [0.2, 0.25) is 0 Å². The Balaban J connectivity index is 2.06. The first kappa shape index (κ1) is 26.5. The molecule has 36 heavy (non-hydrogen) atoms. The zero-order valence-electron chi connectivity index (χ0n) is 19.8. The predicted octanol–water partition coefficient (Wildman–Crippen LogP) is 5.55. The highest BCUT2D eigenvalue weighted by Crippen LogP contribution is 2.38. The Kier molecular flexibility index (Phi) is 8.25. The van der Waals surface area contributed by atoms with Gasteiger partial charge in [-0.25, -0.2) is 9.79 Å². The molecule has 1 atom stereocenters. The van der Waals surface area contributed by atoms with Gasteiger partial charge in [0.25, 0.3) is 5.56 Å². The average Bonchev–Trinajstić information content (AvgIpc) is 3.15. The standard InChI is InChI=1S/C26H23Cl3N2O4S/c1-4-6-19-22(25(33)35-5-2)23(17-12-15(27)9-10-20(17)34-3)31-24(32)21(36-26(31)30-19)11-14-7-8-16(28)13-18(14)29/h7-13,23H,4-6H2,1-3H3/b21-11+/t23-/m1/s1. The molecule has 3 aromatic rings. The monoisotopic (exact) mass is 564 g/mol. The third kappa shape index (κ3) is 5.11. The highest BCUT2D eigenvalue weighted by Gasteiger charge is 2.36. The molecule has 2 aromatic carbocycles. The van der Waals surface area contributed by atoms with Gasteiger partial charge in [0, 0.05) is 20.6 Å². The van der Waals surface area contributed by atoms with Crippen LogP contribution in [0, 0.1) is 0 Å². The number of carbonyl (C=O) groups excluding carboxylic acids is 1. The van der Waals surface area contributed by atoms with E-state index in [2.05, 4.69) is 0 Å². The second-order valence-corrected chi connectivity index (χ2v) is 10.3. The number of fused-ring (bicyclic) bond motifs is 1. The summed E-state index contributed by atoms with van der Waals surface area (Å²) in [5.74, 6) is -0.0500. The van der Waals surface area contributed by atoms with Gasteiger partial charge in [0.05, 0.1) is 29.5 Å². The Morgan fingerprint density at radius 3 is 2.53 bits per heavy atom. The second-order valence-electron chi connectivity index (χ2n) is 7.97. The minimum atomic E-state index is -0.835. The third-order valence-corrected chi connectivity index (χ3v) is 7.41. The average molecular weight is 566 g/mol. The van der Waals surface area contributed by atoms with Gasteiger partial charge in [0.1, 0.15) is 11.8 Å². The van der Waals surface area contributed by atoms with Gasteiger partial charge in [-0.15, -0.1) is 0 Å². The lowest BCUT2D eigenvalue weighted by Crippen LogP contribution is -2.40. The van der Waals surface area contributed by atoms with Crippen LogP contribution in [0.15, 0.2) is 57.5 Å². The first-order valence-corrected chi connectivity index (χ1v) is 13.2. The number of rotatable bonds is 7. The van der Waals surface area contributed by atoms with E-state index in [4.69, 9.17) is 49.3 Å². The maximum Gasteiger partial charge on any atom is 0.338 e. The summed E-state index contributed by atoms with van der Waals surface area (Å²) in [4.78, 5) is 32.3. The fourth-order valence-electron chi connectivity index (χ4n) is 4.09. The molecule has 4 rings (SSSR count). The quantitative estimate of drug-likeness (QED) is 0.352. The molecule has 10 heteroatoms. The van der Waals surface area contributed by atoms with Crippen LogP contribution in [0.2, 0.25) is 15.1 Å². The summed E-state index contributed by atoms with van der Waals surface area (Å²) in [7, 11) is 1.53. The van der Waals surface area contributed by atoms with Crippen LogP contribution in [-0.2, 0) is 9.53 Å². The zero-order valence-corrected chi connectivity index (χ0v) is 22.9. The highest BCUT2D eigenvalue weighted by atomic mass is 35.5. The van der Waals surface area contributed by atoms with Gasteiger partial charge in [-0.2, -0.15) is 0 Å². The summed E-state index contributed by atoms with van der Waals surface area (Å²) in [6.45, 7) is 3.91. The molecule has 0 saturated heterocycles. The topological polar surface area (TPSA) is 69.9 Å². The van der Waals surface area contributed by atoms with Crippen LogP contribution in [0.5, 0.6) is 5.75 Å². The highest BCUT2D eigenvalue weighted by molar-refractivity contribution is 7.07. The van der Waals surface area contributed by atoms with E-state index in [1.54, 1.807) is 49.4 Å². The molecule has 6 nitrogen and oxygen atoms in total. The van der Waals surface area contributed by atoms with Crippen molar-refractivity contribution in [1.82, 2.24) is 4.57 Å². The van der Waals surface area contributed by atoms with Crippen LogP contribution >= 0.6 is 46.1 Å². The molecule has 0 spiro atoms. The van der Waals surface area contributed by atoms with Crippen molar-refractivity contribution in [1.29, 1.82) is 0 Å². The van der Waals surface area contributed by atoms with Crippen molar-refractivity contribution in [3.8, 4) is 5.75 Å². The van der Waals surface area contributed by atoms with E-state index >= 15 is 0 Å². The number of aromatic nitrogens is 1. The Bertz CT molecular complexity index is 1540. The second kappa shape index (κ2) is 11.2. The SMILES string of the molecule is CCCC1=C(C(=O)OCC)[C@@H](c2cc(Cl)ccc2OC)n2c(s/c(=C/c3ccc(Cl)cc3Cl)c2=O)=N1. The van der Waals surface area contributed by atoms with Crippen molar-refractivity contribution in [2.75, 3.05) is 13.7 Å². The Morgan fingerprint density at radius 1 is 1.14 bits per heavy atom. The molecular weight excluding hydrogens is 543 g/mol. The van der Waals surface area contributed by atoms with Gasteiger partial charge in [-0.05, 0) is 55.3 Å². The van der Waals surface area contributed by atoms with E-state index in [0.29, 0.717) is 59.0 Å². The van der Waals surface area contributed by atoms with E-state index in [-0.39, 0.29) is 12.2 Å². The lowest BCUT2D eigenvalue weighted by Gasteiger charge is -2.27. The van der Waals surface area contributed by atoms with E-state index in [1.165, 1.54) is 23.0 Å². The molecule has 1 aliphatic heterocycles. The summed E-state index contributed by atoms with van der Waals surface area (Å²) in [5.41, 5.74) is 1.74. The number of ether oxygens (including phenoxy) is 2.